The lowest BCUT2D eigenvalue weighted by Gasteiger charge is -2.11. The normalized spacial score (nSPS) is 11.7. The molecule has 0 atom stereocenters. The summed E-state index contributed by atoms with van der Waals surface area (Å²) in [6.45, 7) is 2.48. The number of hydrogen-bond donors (Lipinski definition) is 0. The van der Waals surface area contributed by atoms with Gasteiger partial charge in [0.1, 0.15) is 0 Å². The highest BCUT2D eigenvalue weighted by Crippen LogP contribution is 2.18. The summed E-state index contributed by atoms with van der Waals surface area (Å²) in [6.07, 6.45) is 1.39. The number of ketones is 1. The highest BCUT2D eigenvalue weighted by molar-refractivity contribution is 5.92. The zero-order valence-corrected chi connectivity index (χ0v) is 8.26. The largest absolute Gasteiger partial charge is 0.345 e. The maximum atomic E-state index is 12.5. The molecule has 0 saturated heterocycles. The van der Waals surface area contributed by atoms with Crippen LogP contribution in [0.4, 0.5) is 8.78 Å². The van der Waals surface area contributed by atoms with E-state index < -0.39 is 5.92 Å². The third kappa shape index (κ3) is 2.94. The summed E-state index contributed by atoms with van der Waals surface area (Å²) >= 11 is 0. The SMILES string of the molecule is CC(=O)c1cccn1CCC(C)(F)F. The van der Waals surface area contributed by atoms with Gasteiger partial charge in [0, 0.05) is 26.1 Å². The van der Waals surface area contributed by atoms with E-state index in [1.54, 1.807) is 22.9 Å². The summed E-state index contributed by atoms with van der Waals surface area (Å²) in [7, 11) is 0. The minimum Gasteiger partial charge on any atom is -0.345 e. The Morgan fingerprint density at radius 1 is 1.57 bits per heavy atom. The van der Waals surface area contributed by atoms with Crippen LogP contribution in [0.2, 0.25) is 0 Å². The number of alkyl halides is 2. The molecule has 0 aliphatic carbocycles. The molecule has 0 N–H and O–H groups in total. The van der Waals surface area contributed by atoms with Crippen LogP contribution in [-0.4, -0.2) is 16.3 Å². The molecule has 0 bridgehead atoms. The first-order valence-corrected chi connectivity index (χ1v) is 4.44. The molecule has 0 aliphatic rings. The third-order valence-corrected chi connectivity index (χ3v) is 1.98. The van der Waals surface area contributed by atoms with Gasteiger partial charge in [0.15, 0.2) is 5.78 Å². The van der Waals surface area contributed by atoms with Crippen molar-refractivity contribution in [3.63, 3.8) is 0 Å². The van der Waals surface area contributed by atoms with Gasteiger partial charge in [-0.15, -0.1) is 0 Å². The van der Waals surface area contributed by atoms with Crippen molar-refractivity contribution >= 4 is 5.78 Å². The number of carbonyl (C=O) groups is 1. The van der Waals surface area contributed by atoms with E-state index in [1.165, 1.54) is 6.92 Å². The Labute approximate surface area is 81.5 Å². The zero-order chi connectivity index (χ0) is 10.8. The Balaban J connectivity index is 2.68. The van der Waals surface area contributed by atoms with E-state index in [2.05, 4.69) is 0 Å². The molecule has 0 unspecified atom stereocenters. The minimum atomic E-state index is -2.68. The first-order chi connectivity index (χ1) is 6.40. The maximum Gasteiger partial charge on any atom is 0.247 e. The fourth-order valence-corrected chi connectivity index (χ4v) is 1.25. The molecule has 0 amide bonds. The van der Waals surface area contributed by atoms with Crippen molar-refractivity contribution in [1.29, 1.82) is 0 Å². The van der Waals surface area contributed by atoms with Gasteiger partial charge in [0.05, 0.1) is 5.69 Å². The summed E-state index contributed by atoms with van der Waals surface area (Å²) in [5.74, 6) is -2.78. The number of halogens is 2. The van der Waals surface area contributed by atoms with Gasteiger partial charge < -0.3 is 4.57 Å². The van der Waals surface area contributed by atoms with Crippen molar-refractivity contribution in [2.75, 3.05) is 0 Å². The second-order valence-corrected chi connectivity index (χ2v) is 3.46. The summed E-state index contributed by atoms with van der Waals surface area (Å²) < 4.78 is 26.7. The van der Waals surface area contributed by atoms with Crippen molar-refractivity contribution in [1.82, 2.24) is 4.57 Å². The quantitative estimate of drug-likeness (QED) is 0.686. The molecule has 0 aromatic carbocycles. The molecule has 0 radical (unpaired) electrons. The molecule has 78 valence electrons. The first kappa shape index (κ1) is 10.9. The molecule has 0 saturated carbocycles. The summed E-state index contributed by atoms with van der Waals surface area (Å²) in [4.78, 5) is 11.0. The smallest absolute Gasteiger partial charge is 0.247 e. The number of aryl methyl sites for hydroxylation is 1. The third-order valence-electron chi connectivity index (χ3n) is 1.98. The van der Waals surface area contributed by atoms with Gasteiger partial charge in [0.25, 0.3) is 0 Å². The minimum absolute atomic E-state index is 0.102. The fourth-order valence-electron chi connectivity index (χ4n) is 1.25. The van der Waals surface area contributed by atoms with Gasteiger partial charge in [-0.25, -0.2) is 8.78 Å². The molecule has 1 rings (SSSR count). The van der Waals surface area contributed by atoms with Crippen molar-refractivity contribution in [2.24, 2.45) is 0 Å². The highest BCUT2D eigenvalue weighted by atomic mass is 19.3. The average molecular weight is 201 g/mol. The van der Waals surface area contributed by atoms with E-state index in [-0.39, 0.29) is 18.7 Å². The Morgan fingerprint density at radius 2 is 2.21 bits per heavy atom. The second kappa shape index (κ2) is 3.90. The number of Topliss-reactive ketones (excluding diaryl/α,β-unsaturated/α-hetero) is 1. The summed E-state index contributed by atoms with van der Waals surface area (Å²) in [5.41, 5.74) is 0.481. The topological polar surface area (TPSA) is 22.0 Å². The molecule has 1 aromatic heterocycles. The fraction of sp³-hybridized carbons (Fsp3) is 0.500. The van der Waals surface area contributed by atoms with Crippen LogP contribution in [0.3, 0.4) is 0 Å². The average Bonchev–Trinajstić information content (AvgIpc) is 2.46. The number of hydrogen-bond acceptors (Lipinski definition) is 1. The molecular formula is C10H13F2NO. The summed E-state index contributed by atoms with van der Waals surface area (Å²) in [6, 6.07) is 3.32. The molecular weight excluding hydrogens is 188 g/mol. The molecule has 14 heavy (non-hydrogen) atoms. The van der Waals surface area contributed by atoms with Crippen LogP contribution in [0.1, 0.15) is 30.8 Å². The van der Waals surface area contributed by atoms with Crippen LogP contribution in [0.25, 0.3) is 0 Å². The number of aromatic nitrogens is 1. The Bertz CT molecular complexity index is 325. The standard InChI is InChI=1S/C10H13F2NO/c1-8(14)9-4-3-6-13(9)7-5-10(2,11)12/h3-4,6H,5,7H2,1-2H3. The van der Waals surface area contributed by atoms with Crippen molar-refractivity contribution in [3.05, 3.63) is 24.0 Å². The summed E-state index contributed by atoms with van der Waals surface area (Å²) in [5, 5.41) is 0. The van der Waals surface area contributed by atoms with E-state index in [4.69, 9.17) is 0 Å². The van der Waals surface area contributed by atoms with E-state index >= 15 is 0 Å². The molecule has 4 heteroatoms. The van der Waals surface area contributed by atoms with Gasteiger partial charge in [-0.2, -0.15) is 0 Å². The number of rotatable bonds is 4. The van der Waals surface area contributed by atoms with E-state index in [1.807, 2.05) is 0 Å². The Morgan fingerprint density at radius 3 is 2.71 bits per heavy atom. The predicted molar refractivity (Wildman–Crippen MR) is 49.7 cm³/mol. The van der Waals surface area contributed by atoms with E-state index in [0.29, 0.717) is 5.69 Å². The molecule has 0 spiro atoms. The van der Waals surface area contributed by atoms with Crippen molar-refractivity contribution in [3.8, 4) is 0 Å². The number of nitrogens with zero attached hydrogens (tertiary/aromatic N) is 1. The van der Waals surface area contributed by atoms with Gasteiger partial charge in [-0.1, -0.05) is 0 Å². The van der Waals surface area contributed by atoms with Gasteiger partial charge >= 0.3 is 0 Å². The zero-order valence-electron chi connectivity index (χ0n) is 8.26. The number of carbonyl (C=O) groups excluding carboxylic acids is 1. The predicted octanol–water partition coefficient (Wildman–Crippen LogP) is 2.74. The lowest BCUT2D eigenvalue weighted by molar-refractivity contribution is 0.00852. The van der Waals surface area contributed by atoms with Crippen LogP contribution in [0.15, 0.2) is 18.3 Å². The van der Waals surface area contributed by atoms with Gasteiger partial charge in [-0.05, 0) is 19.1 Å². The lowest BCUT2D eigenvalue weighted by atomic mass is 10.2. The Kier molecular flexibility index (Phi) is 3.03. The molecule has 1 aromatic rings. The van der Waals surface area contributed by atoms with Crippen LogP contribution in [-0.2, 0) is 6.54 Å². The lowest BCUT2D eigenvalue weighted by Crippen LogP contribution is -2.15. The maximum absolute atomic E-state index is 12.5. The first-order valence-electron chi connectivity index (χ1n) is 4.44. The molecule has 1 heterocycles. The van der Waals surface area contributed by atoms with Crippen LogP contribution < -0.4 is 0 Å². The van der Waals surface area contributed by atoms with E-state index in [0.717, 1.165) is 6.92 Å². The molecule has 2 nitrogen and oxygen atoms in total. The van der Waals surface area contributed by atoms with Crippen molar-refractivity contribution < 1.29 is 13.6 Å². The molecule has 0 fully saturated rings. The van der Waals surface area contributed by atoms with Gasteiger partial charge in [0.2, 0.25) is 5.92 Å². The van der Waals surface area contributed by atoms with Crippen LogP contribution in [0.5, 0.6) is 0 Å². The van der Waals surface area contributed by atoms with E-state index in [9.17, 15) is 13.6 Å². The highest BCUT2D eigenvalue weighted by Gasteiger charge is 2.21. The second-order valence-electron chi connectivity index (χ2n) is 3.46. The van der Waals surface area contributed by atoms with Crippen molar-refractivity contribution in [2.45, 2.75) is 32.7 Å². The monoisotopic (exact) mass is 201 g/mol. The Hall–Kier alpha value is -1.19. The van der Waals surface area contributed by atoms with Crippen LogP contribution in [0, 0.1) is 0 Å². The van der Waals surface area contributed by atoms with Crippen LogP contribution >= 0.6 is 0 Å². The van der Waals surface area contributed by atoms with Gasteiger partial charge in [-0.3, -0.25) is 4.79 Å². The molecule has 0 aliphatic heterocycles.